The van der Waals surface area contributed by atoms with Crippen LogP contribution in [0.25, 0.3) is 5.57 Å². The summed E-state index contributed by atoms with van der Waals surface area (Å²) in [5, 5.41) is 0. The van der Waals surface area contributed by atoms with E-state index in [1.807, 2.05) is 6.07 Å². The number of anilines is 1. The molecule has 0 aliphatic carbocycles. The first-order valence-electron chi connectivity index (χ1n) is 6.22. The molecule has 0 saturated heterocycles. The number of nitrogens with zero attached hydrogens (tertiary/aromatic N) is 1. The Morgan fingerprint density at radius 2 is 1.39 bits per heavy atom. The maximum absolute atomic E-state index is 2.18. The van der Waals surface area contributed by atoms with Crippen LogP contribution >= 0.6 is 0 Å². The number of benzene rings is 2. The van der Waals surface area contributed by atoms with Crippen LogP contribution in [0, 0.1) is 0 Å². The Bertz CT molecular complexity index is 521. The Kier molecular flexibility index (Phi) is 3.83. The summed E-state index contributed by atoms with van der Waals surface area (Å²) in [6.45, 7) is 2.09. The molecule has 1 nitrogen and oxygen atoms in total. The minimum atomic E-state index is 1.22. The highest BCUT2D eigenvalue weighted by molar-refractivity contribution is 5.80. The third kappa shape index (κ3) is 2.62. The molecule has 0 aromatic heterocycles. The van der Waals surface area contributed by atoms with Gasteiger partial charge < -0.3 is 4.90 Å². The van der Waals surface area contributed by atoms with Crippen LogP contribution in [0.15, 0.2) is 60.7 Å². The molecule has 0 N–H and O–H groups in total. The molecule has 1 heteroatoms. The van der Waals surface area contributed by atoms with Gasteiger partial charge in [-0.2, -0.15) is 0 Å². The summed E-state index contributed by atoms with van der Waals surface area (Å²) >= 11 is 0. The molecule has 0 radical (unpaired) electrons. The molecule has 0 aliphatic heterocycles. The van der Waals surface area contributed by atoms with E-state index in [0.29, 0.717) is 0 Å². The van der Waals surface area contributed by atoms with Crippen molar-refractivity contribution in [2.75, 3.05) is 19.0 Å². The molecule has 0 heterocycles. The van der Waals surface area contributed by atoms with Gasteiger partial charge in [0.2, 0.25) is 0 Å². The van der Waals surface area contributed by atoms with Crippen molar-refractivity contribution in [3.63, 3.8) is 0 Å². The molecule has 2 aromatic carbocycles. The molecule has 0 spiro atoms. The highest BCUT2D eigenvalue weighted by Gasteiger charge is 2.03. The fourth-order valence-electron chi connectivity index (χ4n) is 2.06. The Morgan fingerprint density at radius 1 is 0.833 bits per heavy atom. The molecular formula is C17H19N. The second kappa shape index (κ2) is 5.54. The second-order valence-electron chi connectivity index (χ2n) is 4.51. The molecule has 0 unspecified atom stereocenters. The van der Waals surface area contributed by atoms with Gasteiger partial charge in [0.05, 0.1) is 0 Å². The molecule has 0 aliphatic rings. The number of hydrogen-bond donors (Lipinski definition) is 0. The van der Waals surface area contributed by atoms with Crippen LogP contribution in [0.5, 0.6) is 0 Å². The first-order valence-corrected chi connectivity index (χ1v) is 6.22. The van der Waals surface area contributed by atoms with Crippen LogP contribution in [0.3, 0.4) is 0 Å². The van der Waals surface area contributed by atoms with Crippen molar-refractivity contribution in [2.45, 2.75) is 6.92 Å². The Hall–Kier alpha value is -2.02. The minimum Gasteiger partial charge on any atom is -0.378 e. The highest BCUT2D eigenvalue weighted by Crippen LogP contribution is 2.24. The van der Waals surface area contributed by atoms with Gasteiger partial charge >= 0.3 is 0 Å². The van der Waals surface area contributed by atoms with Gasteiger partial charge in [-0.05, 0) is 35.8 Å². The molecular weight excluding hydrogens is 218 g/mol. The monoisotopic (exact) mass is 237 g/mol. The van der Waals surface area contributed by atoms with Crippen LogP contribution in [-0.2, 0) is 0 Å². The van der Waals surface area contributed by atoms with Crippen molar-refractivity contribution in [1.82, 2.24) is 0 Å². The lowest BCUT2D eigenvalue weighted by Gasteiger charge is -2.14. The maximum Gasteiger partial charge on any atom is 0.0361 e. The van der Waals surface area contributed by atoms with Gasteiger partial charge in [-0.15, -0.1) is 0 Å². The molecule has 0 fully saturated rings. The lowest BCUT2D eigenvalue weighted by Crippen LogP contribution is -2.08. The third-order valence-corrected chi connectivity index (χ3v) is 3.07. The van der Waals surface area contributed by atoms with E-state index >= 15 is 0 Å². The van der Waals surface area contributed by atoms with Crippen molar-refractivity contribution in [3.8, 4) is 0 Å². The van der Waals surface area contributed by atoms with Crippen LogP contribution in [0.1, 0.15) is 18.1 Å². The summed E-state index contributed by atoms with van der Waals surface area (Å²) in [7, 11) is 4.12. The van der Waals surface area contributed by atoms with E-state index in [1.54, 1.807) is 0 Å². The van der Waals surface area contributed by atoms with E-state index < -0.39 is 0 Å². The topological polar surface area (TPSA) is 3.24 Å². The van der Waals surface area contributed by atoms with E-state index in [0.717, 1.165) is 0 Å². The molecule has 0 bridgehead atoms. The fourth-order valence-corrected chi connectivity index (χ4v) is 2.06. The zero-order valence-electron chi connectivity index (χ0n) is 11.2. The number of allylic oxidation sites excluding steroid dienone is 1. The van der Waals surface area contributed by atoms with Crippen LogP contribution in [0.4, 0.5) is 5.69 Å². The van der Waals surface area contributed by atoms with E-state index in [-0.39, 0.29) is 0 Å². The SMILES string of the molecule is C/C=C(\c1ccccc1)c1ccc(N(C)C)cc1. The highest BCUT2D eigenvalue weighted by atomic mass is 15.1. The van der Waals surface area contributed by atoms with Gasteiger partial charge in [-0.25, -0.2) is 0 Å². The van der Waals surface area contributed by atoms with Gasteiger partial charge in [0, 0.05) is 19.8 Å². The zero-order valence-corrected chi connectivity index (χ0v) is 11.2. The second-order valence-corrected chi connectivity index (χ2v) is 4.51. The molecule has 92 valence electrons. The van der Waals surface area contributed by atoms with Crippen molar-refractivity contribution >= 4 is 11.3 Å². The van der Waals surface area contributed by atoms with Crippen molar-refractivity contribution < 1.29 is 0 Å². The average molecular weight is 237 g/mol. The summed E-state index contributed by atoms with van der Waals surface area (Å²) in [4.78, 5) is 2.11. The Labute approximate surface area is 109 Å². The van der Waals surface area contributed by atoms with Gasteiger partial charge in [0.25, 0.3) is 0 Å². The van der Waals surface area contributed by atoms with E-state index in [9.17, 15) is 0 Å². The van der Waals surface area contributed by atoms with E-state index in [4.69, 9.17) is 0 Å². The predicted octanol–water partition coefficient (Wildman–Crippen LogP) is 4.20. The average Bonchev–Trinajstić information content (AvgIpc) is 2.41. The molecule has 0 atom stereocenters. The number of rotatable bonds is 3. The largest absolute Gasteiger partial charge is 0.378 e. The van der Waals surface area contributed by atoms with Gasteiger partial charge in [-0.3, -0.25) is 0 Å². The van der Waals surface area contributed by atoms with E-state index in [2.05, 4.69) is 80.5 Å². The summed E-state index contributed by atoms with van der Waals surface area (Å²) < 4.78 is 0. The van der Waals surface area contributed by atoms with Crippen LogP contribution in [0.2, 0.25) is 0 Å². The lowest BCUT2D eigenvalue weighted by atomic mass is 9.97. The zero-order chi connectivity index (χ0) is 13.0. The minimum absolute atomic E-state index is 1.22. The molecule has 18 heavy (non-hydrogen) atoms. The summed E-state index contributed by atoms with van der Waals surface area (Å²) in [6.07, 6.45) is 2.17. The first kappa shape index (κ1) is 12.4. The third-order valence-electron chi connectivity index (χ3n) is 3.07. The van der Waals surface area contributed by atoms with Crippen molar-refractivity contribution in [2.24, 2.45) is 0 Å². The predicted molar refractivity (Wildman–Crippen MR) is 80.0 cm³/mol. The molecule has 2 aromatic rings. The van der Waals surface area contributed by atoms with Crippen LogP contribution in [-0.4, -0.2) is 14.1 Å². The Morgan fingerprint density at radius 3 is 1.89 bits per heavy atom. The molecule has 0 saturated carbocycles. The molecule has 0 amide bonds. The lowest BCUT2D eigenvalue weighted by molar-refractivity contribution is 1.13. The smallest absolute Gasteiger partial charge is 0.0361 e. The van der Waals surface area contributed by atoms with Gasteiger partial charge in [-0.1, -0.05) is 48.5 Å². The van der Waals surface area contributed by atoms with E-state index in [1.165, 1.54) is 22.4 Å². The summed E-state index contributed by atoms with van der Waals surface area (Å²) in [5.74, 6) is 0. The fraction of sp³-hybridized carbons (Fsp3) is 0.176. The number of hydrogen-bond acceptors (Lipinski definition) is 1. The standard InChI is InChI=1S/C17H19N/c1-4-17(14-8-6-5-7-9-14)15-10-12-16(13-11-15)18(2)3/h4-13H,1-3H3/b17-4+. The molecule has 2 rings (SSSR count). The summed E-state index contributed by atoms with van der Waals surface area (Å²) in [5.41, 5.74) is 5.02. The van der Waals surface area contributed by atoms with Gasteiger partial charge in [0.15, 0.2) is 0 Å². The van der Waals surface area contributed by atoms with Crippen molar-refractivity contribution in [1.29, 1.82) is 0 Å². The first-order chi connectivity index (χ1) is 8.72. The van der Waals surface area contributed by atoms with Crippen molar-refractivity contribution in [3.05, 3.63) is 71.8 Å². The van der Waals surface area contributed by atoms with Gasteiger partial charge in [0.1, 0.15) is 0 Å². The van der Waals surface area contributed by atoms with Crippen LogP contribution < -0.4 is 4.90 Å². The maximum atomic E-state index is 2.18. The quantitative estimate of drug-likeness (QED) is 0.773. The Balaban J connectivity index is 2.35. The summed E-state index contributed by atoms with van der Waals surface area (Å²) in [6, 6.07) is 19.2. The normalized spacial score (nSPS) is 11.4.